The minimum Gasteiger partial charge on any atom is -0.489 e. The zero-order valence-corrected chi connectivity index (χ0v) is 22.2. The number of nitrogens with zero attached hydrogens (tertiary/aromatic N) is 4. The number of halogens is 2. The lowest BCUT2D eigenvalue weighted by atomic mass is 10.1. The van der Waals surface area contributed by atoms with E-state index >= 15 is 0 Å². The number of hydrogen-bond donors (Lipinski definition) is 0. The molecular weight excluding hydrogens is 552 g/mol. The molecule has 180 valence electrons. The molecule has 0 radical (unpaired) electrons. The second-order valence-corrected chi connectivity index (χ2v) is 10.4. The zero-order valence-electron chi connectivity index (χ0n) is 19.0. The quantitative estimate of drug-likeness (QED) is 0.122. The van der Waals surface area contributed by atoms with Gasteiger partial charge in [0.2, 0.25) is 6.54 Å². The average molecular weight is 574 g/mol. The van der Waals surface area contributed by atoms with E-state index in [0.29, 0.717) is 33.9 Å². The summed E-state index contributed by atoms with van der Waals surface area (Å²) in [4.78, 5) is 11.4. The monoisotopic (exact) mass is 572 g/mol. The lowest BCUT2D eigenvalue weighted by molar-refractivity contribution is -0.479. The summed E-state index contributed by atoms with van der Waals surface area (Å²) in [6, 6.07) is 20.9. The summed E-state index contributed by atoms with van der Waals surface area (Å²) in [5.74, 6) is 1.27. The van der Waals surface area contributed by atoms with Crippen molar-refractivity contribution >= 4 is 39.3 Å². The van der Waals surface area contributed by atoms with Crippen LogP contribution in [-0.4, -0.2) is 26.2 Å². The predicted molar refractivity (Wildman–Crippen MR) is 141 cm³/mol. The molecule has 10 heteroatoms. The Morgan fingerprint density at radius 1 is 1.11 bits per heavy atom. The van der Waals surface area contributed by atoms with E-state index in [1.807, 2.05) is 73.0 Å². The molecular formula is C25H22BrClN4O3S. The molecule has 0 bridgehead atoms. The van der Waals surface area contributed by atoms with Crippen LogP contribution in [-0.2, 0) is 6.61 Å². The van der Waals surface area contributed by atoms with Crippen LogP contribution in [0.2, 0.25) is 5.02 Å². The topological polar surface area (TPSA) is 83.1 Å². The van der Waals surface area contributed by atoms with Gasteiger partial charge in [0.15, 0.2) is 5.16 Å². The largest absolute Gasteiger partial charge is 0.489 e. The van der Waals surface area contributed by atoms with Crippen LogP contribution in [0.1, 0.15) is 27.8 Å². The number of aromatic nitrogens is 3. The first-order valence-electron chi connectivity index (χ1n) is 10.7. The van der Waals surface area contributed by atoms with E-state index in [-0.39, 0.29) is 11.5 Å². The van der Waals surface area contributed by atoms with Gasteiger partial charge >= 0.3 is 0 Å². The van der Waals surface area contributed by atoms with Crippen molar-refractivity contribution in [1.29, 1.82) is 0 Å². The van der Waals surface area contributed by atoms with E-state index in [0.717, 1.165) is 21.3 Å². The summed E-state index contributed by atoms with van der Waals surface area (Å²) in [5.41, 5.74) is 3.64. The summed E-state index contributed by atoms with van der Waals surface area (Å²) < 4.78 is 8.83. The lowest BCUT2D eigenvalue weighted by Gasteiger charge is -2.18. The van der Waals surface area contributed by atoms with Gasteiger partial charge in [-0.15, -0.1) is 10.2 Å². The van der Waals surface area contributed by atoms with E-state index in [9.17, 15) is 10.1 Å². The number of benzene rings is 3. The van der Waals surface area contributed by atoms with Crippen LogP contribution < -0.4 is 4.74 Å². The van der Waals surface area contributed by atoms with Gasteiger partial charge in [0.25, 0.3) is 0 Å². The molecule has 0 N–H and O–H groups in total. The van der Waals surface area contributed by atoms with E-state index < -0.39 is 5.25 Å². The second-order valence-electron chi connectivity index (χ2n) is 7.92. The Bertz CT molecular complexity index is 1350. The lowest BCUT2D eigenvalue weighted by Crippen LogP contribution is -2.12. The maximum Gasteiger partial charge on any atom is 0.220 e. The molecule has 0 spiro atoms. The molecule has 0 unspecified atom stereocenters. The van der Waals surface area contributed by atoms with Crippen molar-refractivity contribution in [3.05, 3.63) is 109 Å². The van der Waals surface area contributed by atoms with Crippen LogP contribution in [0.25, 0.3) is 5.69 Å². The van der Waals surface area contributed by atoms with Crippen LogP contribution in [0.15, 0.2) is 76.4 Å². The summed E-state index contributed by atoms with van der Waals surface area (Å²) in [5, 5.41) is 20.9. The number of aryl methyl sites for hydroxylation is 2. The molecule has 0 saturated heterocycles. The minimum atomic E-state index is -0.560. The van der Waals surface area contributed by atoms with Crippen LogP contribution in [0.4, 0.5) is 0 Å². The Hall–Kier alpha value is -2.88. The Labute approximate surface area is 220 Å². The van der Waals surface area contributed by atoms with E-state index in [2.05, 4.69) is 26.1 Å². The highest BCUT2D eigenvalue weighted by Crippen LogP contribution is 2.41. The van der Waals surface area contributed by atoms with Crippen molar-refractivity contribution in [3.63, 3.8) is 0 Å². The van der Waals surface area contributed by atoms with Gasteiger partial charge in [0.05, 0.1) is 0 Å². The van der Waals surface area contributed by atoms with Crippen molar-refractivity contribution in [3.8, 4) is 11.4 Å². The Morgan fingerprint density at radius 2 is 1.89 bits per heavy atom. The molecule has 1 atom stereocenters. The van der Waals surface area contributed by atoms with Crippen LogP contribution in [0.3, 0.4) is 0 Å². The van der Waals surface area contributed by atoms with E-state index in [4.69, 9.17) is 16.3 Å². The van der Waals surface area contributed by atoms with Gasteiger partial charge in [-0.25, -0.2) is 0 Å². The number of rotatable bonds is 9. The fourth-order valence-corrected chi connectivity index (χ4v) is 5.29. The molecule has 0 aliphatic rings. The fourth-order valence-electron chi connectivity index (χ4n) is 3.59. The third kappa shape index (κ3) is 6.42. The summed E-state index contributed by atoms with van der Waals surface area (Å²) in [6.45, 7) is 3.87. The highest BCUT2D eigenvalue weighted by Gasteiger charge is 2.27. The summed E-state index contributed by atoms with van der Waals surface area (Å²) >= 11 is 10.8. The molecule has 0 aliphatic carbocycles. The van der Waals surface area contributed by atoms with Crippen molar-refractivity contribution < 1.29 is 9.66 Å². The van der Waals surface area contributed by atoms with Gasteiger partial charge in [-0.2, -0.15) is 0 Å². The van der Waals surface area contributed by atoms with Crippen LogP contribution in [0, 0.1) is 24.0 Å². The predicted octanol–water partition coefficient (Wildman–Crippen LogP) is 6.99. The standard InChI is InChI=1S/C25H22BrClN4O3S/c1-16-4-3-5-21(12-16)31-17(2)28-29-25(31)35-24(14-30(32)33)22-13-19(26)8-11-23(22)34-15-18-6-9-20(27)10-7-18/h3-13,24H,14-15H2,1-2H3/t24-/m1/s1. The molecule has 1 heterocycles. The van der Waals surface area contributed by atoms with Gasteiger partial charge in [-0.1, -0.05) is 63.6 Å². The Morgan fingerprint density at radius 3 is 2.60 bits per heavy atom. The Kier molecular flexibility index (Phi) is 8.10. The van der Waals surface area contributed by atoms with Gasteiger partial charge in [0.1, 0.15) is 23.4 Å². The number of ether oxygens (including phenoxy) is 1. The van der Waals surface area contributed by atoms with Gasteiger partial charge in [0, 0.05) is 25.7 Å². The normalized spacial score (nSPS) is 11.9. The van der Waals surface area contributed by atoms with Crippen molar-refractivity contribution in [2.24, 2.45) is 0 Å². The first-order chi connectivity index (χ1) is 16.8. The van der Waals surface area contributed by atoms with Gasteiger partial charge in [-0.3, -0.25) is 14.7 Å². The highest BCUT2D eigenvalue weighted by atomic mass is 79.9. The molecule has 0 saturated carbocycles. The van der Waals surface area contributed by atoms with E-state index in [1.54, 1.807) is 12.1 Å². The van der Waals surface area contributed by atoms with Crippen molar-refractivity contribution in [2.75, 3.05) is 6.54 Å². The summed E-state index contributed by atoms with van der Waals surface area (Å²) in [6.07, 6.45) is 0. The molecule has 4 aromatic rings. The third-order valence-electron chi connectivity index (χ3n) is 5.24. The van der Waals surface area contributed by atoms with Gasteiger partial charge in [-0.05, 0) is 67.4 Å². The smallest absolute Gasteiger partial charge is 0.220 e. The van der Waals surface area contributed by atoms with Crippen LogP contribution >= 0.6 is 39.3 Å². The second kappa shape index (κ2) is 11.2. The number of hydrogen-bond acceptors (Lipinski definition) is 6. The Balaban J connectivity index is 1.68. The van der Waals surface area contributed by atoms with Crippen molar-refractivity contribution in [1.82, 2.24) is 14.8 Å². The molecule has 7 nitrogen and oxygen atoms in total. The molecule has 0 amide bonds. The molecule has 0 aliphatic heterocycles. The molecule has 35 heavy (non-hydrogen) atoms. The maximum absolute atomic E-state index is 11.7. The van der Waals surface area contributed by atoms with Crippen molar-refractivity contribution in [2.45, 2.75) is 30.9 Å². The maximum atomic E-state index is 11.7. The van der Waals surface area contributed by atoms with E-state index in [1.165, 1.54) is 11.8 Å². The molecule has 4 rings (SSSR count). The van der Waals surface area contributed by atoms with Gasteiger partial charge < -0.3 is 4.74 Å². The molecule has 3 aromatic carbocycles. The first-order valence-corrected chi connectivity index (χ1v) is 12.8. The van der Waals surface area contributed by atoms with Crippen LogP contribution in [0.5, 0.6) is 5.75 Å². The minimum absolute atomic E-state index is 0.306. The molecule has 1 aromatic heterocycles. The number of thioether (sulfide) groups is 1. The SMILES string of the molecule is Cc1cccc(-n2c(C)nnc2S[C@H](C[N+](=O)[O-])c2cc(Br)ccc2OCc2ccc(Cl)cc2)c1. The zero-order chi connectivity index (χ0) is 24.9. The first kappa shape index (κ1) is 25.2. The molecule has 0 fully saturated rings. The third-order valence-corrected chi connectivity index (χ3v) is 7.15. The average Bonchev–Trinajstić information content (AvgIpc) is 3.18. The number of nitro groups is 1. The fraction of sp³-hybridized carbons (Fsp3) is 0.200. The summed E-state index contributed by atoms with van der Waals surface area (Å²) in [7, 11) is 0. The highest BCUT2D eigenvalue weighted by molar-refractivity contribution is 9.10.